The van der Waals surface area contributed by atoms with Gasteiger partial charge in [0.05, 0.1) is 12.1 Å². The predicted molar refractivity (Wildman–Crippen MR) is 137 cm³/mol. The molecule has 0 aromatic carbocycles. The van der Waals surface area contributed by atoms with Crippen LogP contribution in [0, 0.1) is 34.5 Å². The van der Waals surface area contributed by atoms with Crippen LogP contribution in [0.25, 0.3) is 5.65 Å². The minimum absolute atomic E-state index is 0.0399. The summed E-state index contributed by atoms with van der Waals surface area (Å²) in [4.78, 5) is 32.8. The first-order chi connectivity index (χ1) is 17.4. The first-order valence-corrected chi connectivity index (χ1v) is 14.1. The molecule has 6 atom stereocenters. The molecule has 6 fully saturated rings. The number of amides is 2. The fourth-order valence-corrected chi connectivity index (χ4v) is 9.81. The topological polar surface area (TPSA) is 78.7 Å². The number of fused-ring (bicyclic) bond motifs is 3. The van der Waals surface area contributed by atoms with Crippen molar-refractivity contribution in [3.8, 4) is 0 Å². The second-order valence-electron chi connectivity index (χ2n) is 12.6. The van der Waals surface area contributed by atoms with Gasteiger partial charge in [-0.1, -0.05) is 13.0 Å². The van der Waals surface area contributed by atoms with Crippen molar-refractivity contribution in [1.82, 2.24) is 24.9 Å². The number of imidazole rings is 1. The molecule has 2 bridgehead atoms. The Morgan fingerprint density at radius 2 is 2.03 bits per heavy atom. The summed E-state index contributed by atoms with van der Waals surface area (Å²) in [5.41, 5.74) is 3.24. The van der Waals surface area contributed by atoms with Gasteiger partial charge in [-0.2, -0.15) is 0 Å². The molecule has 2 amide bonds. The fraction of sp³-hybridized carbons (Fsp3) is 0.690. The average Bonchev–Trinajstić information content (AvgIpc) is 3.29. The number of pyridine rings is 1. The summed E-state index contributed by atoms with van der Waals surface area (Å²) < 4.78 is 1.85. The lowest BCUT2D eigenvalue weighted by Crippen LogP contribution is -2.74. The zero-order chi connectivity index (χ0) is 24.7. The lowest BCUT2D eigenvalue weighted by Gasteiger charge is -2.79. The molecule has 36 heavy (non-hydrogen) atoms. The SMILES string of the molecule is CN(C(=O)Cc1cn2c(C(=O)NCC3CCC45[C@@H]6CCC4(C)[C@@H]3[C@H]5C6)cccc2n1)C1CCNCC1. The van der Waals surface area contributed by atoms with Gasteiger partial charge in [0, 0.05) is 25.8 Å². The van der Waals surface area contributed by atoms with Crippen LogP contribution >= 0.6 is 0 Å². The molecule has 7 nitrogen and oxygen atoms in total. The molecule has 1 aliphatic heterocycles. The number of piperidine rings is 1. The molecular weight excluding hydrogens is 450 g/mol. The van der Waals surface area contributed by atoms with Gasteiger partial charge < -0.3 is 15.5 Å². The van der Waals surface area contributed by atoms with Crippen LogP contribution in [0.3, 0.4) is 0 Å². The highest BCUT2D eigenvalue weighted by Gasteiger charge is 2.81. The molecule has 1 spiro atoms. The lowest BCUT2D eigenvalue weighted by atomic mass is 9.25. The van der Waals surface area contributed by atoms with E-state index in [-0.39, 0.29) is 24.3 Å². The van der Waals surface area contributed by atoms with Gasteiger partial charge in [-0.05, 0) is 105 Å². The third-order valence-electron chi connectivity index (χ3n) is 11.5. The Bertz CT molecular complexity index is 1220. The fourth-order valence-electron chi connectivity index (χ4n) is 9.81. The molecule has 2 aromatic rings. The molecule has 192 valence electrons. The first kappa shape index (κ1) is 22.8. The summed E-state index contributed by atoms with van der Waals surface area (Å²) in [5.74, 6) is 3.37. The van der Waals surface area contributed by atoms with Crippen molar-refractivity contribution >= 4 is 17.5 Å². The van der Waals surface area contributed by atoms with Gasteiger partial charge in [0.1, 0.15) is 11.3 Å². The summed E-state index contributed by atoms with van der Waals surface area (Å²) in [6, 6.07) is 5.94. The molecule has 2 N–H and O–H groups in total. The number of aromatic nitrogens is 2. The summed E-state index contributed by atoms with van der Waals surface area (Å²) in [7, 11) is 1.90. The Kier molecular flexibility index (Phi) is 5.09. The maximum Gasteiger partial charge on any atom is 0.268 e. The molecule has 0 radical (unpaired) electrons. The van der Waals surface area contributed by atoms with Gasteiger partial charge in [-0.15, -0.1) is 0 Å². The summed E-state index contributed by atoms with van der Waals surface area (Å²) in [6.07, 6.45) is 11.0. The van der Waals surface area contributed by atoms with Crippen molar-refractivity contribution in [3.05, 3.63) is 35.8 Å². The third kappa shape index (κ3) is 2.98. The highest BCUT2D eigenvalue weighted by Crippen LogP contribution is 2.87. The molecule has 5 aliphatic carbocycles. The Labute approximate surface area is 213 Å². The molecule has 3 unspecified atom stereocenters. The number of carbonyl (C=O) groups excluding carboxylic acids is 2. The van der Waals surface area contributed by atoms with E-state index in [1.807, 2.05) is 40.7 Å². The number of nitrogens with one attached hydrogen (secondary N) is 2. The van der Waals surface area contributed by atoms with Crippen LogP contribution in [0.2, 0.25) is 0 Å². The van der Waals surface area contributed by atoms with Crippen molar-refractivity contribution in [2.75, 3.05) is 26.7 Å². The van der Waals surface area contributed by atoms with E-state index in [1.54, 1.807) is 0 Å². The number of hydrogen-bond donors (Lipinski definition) is 2. The zero-order valence-electron chi connectivity index (χ0n) is 21.6. The van der Waals surface area contributed by atoms with Crippen LogP contribution in [-0.4, -0.2) is 58.8 Å². The Hall–Kier alpha value is -2.41. The van der Waals surface area contributed by atoms with Gasteiger partial charge in [0.2, 0.25) is 5.91 Å². The molecule has 3 heterocycles. The number of likely N-dealkylation sites (N-methyl/N-ethyl adjacent to an activating group) is 1. The Morgan fingerprint density at radius 1 is 1.19 bits per heavy atom. The van der Waals surface area contributed by atoms with E-state index >= 15 is 0 Å². The molecule has 1 saturated heterocycles. The van der Waals surface area contributed by atoms with E-state index in [1.165, 1.54) is 32.1 Å². The monoisotopic (exact) mass is 489 g/mol. The number of nitrogens with zero attached hydrogens (tertiary/aromatic N) is 3. The van der Waals surface area contributed by atoms with Crippen molar-refractivity contribution in [1.29, 1.82) is 0 Å². The van der Waals surface area contributed by atoms with Crippen molar-refractivity contribution in [3.63, 3.8) is 0 Å². The molecule has 7 heteroatoms. The van der Waals surface area contributed by atoms with E-state index in [9.17, 15) is 9.59 Å². The second kappa shape index (κ2) is 8.04. The first-order valence-electron chi connectivity index (χ1n) is 14.1. The van der Waals surface area contributed by atoms with Gasteiger partial charge >= 0.3 is 0 Å². The van der Waals surface area contributed by atoms with Crippen LogP contribution in [-0.2, 0) is 11.2 Å². The zero-order valence-corrected chi connectivity index (χ0v) is 21.6. The van der Waals surface area contributed by atoms with E-state index < -0.39 is 0 Å². The summed E-state index contributed by atoms with van der Waals surface area (Å²) >= 11 is 0. The molecule has 2 aromatic heterocycles. The van der Waals surface area contributed by atoms with E-state index in [2.05, 4.69) is 22.5 Å². The summed E-state index contributed by atoms with van der Waals surface area (Å²) in [6.45, 7) is 5.24. The predicted octanol–water partition coefficient (Wildman–Crippen LogP) is 3.28. The van der Waals surface area contributed by atoms with Crippen molar-refractivity contribution in [2.45, 2.75) is 64.3 Å². The lowest BCUT2D eigenvalue weighted by molar-refractivity contribution is -0.315. The number of hydrogen-bond acceptors (Lipinski definition) is 4. The number of carbonyl (C=O) groups is 2. The van der Waals surface area contributed by atoms with E-state index in [0.29, 0.717) is 28.1 Å². The molecule has 5 saturated carbocycles. The second-order valence-corrected chi connectivity index (χ2v) is 12.6. The van der Waals surface area contributed by atoms with Crippen LogP contribution in [0.1, 0.15) is 68.1 Å². The maximum atomic E-state index is 13.3. The van der Waals surface area contributed by atoms with E-state index in [0.717, 1.165) is 55.9 Å². The highest BCUT2D eigenvalue weighted by molar-refractivity contribution is 5.93. The van der Waals surface area contributed by atoms with Gasteiger partial charge in [0.25, 0.3) is 5.91 Å². The van der Waals surface area contributed by atoms with Gasteiger partial charge in [-0.25, -0.2) is 4.98 Å². The minimum Gasteiger partial charge on any atom is -0.350 e. The van der Waals surface area contributed by atoms with Crippen LogP contribution in [0.4, 0.5) is 0 Å². The third-order valence-corrected chi connectivity index (χ3v) is 11.5. The minimum atomic E-state index is -0.0399. The quantitative estimate of drug-likeness (QED) is 0.653. The Balaban J connectivity index is 1.03. The van der Waals surface area contributed by atoms with Crippen LogP contribution in [0.5, 0.6) is 0 Å². The van der Waals surface area contributed by atoms with Gasteiger partial charge in [-0.3, -0.25) is 14.0 Å². The van der Waals surface area contributed by atoms with Crippen LogP contribution in [0.15, 0.2) is 24.4 Å². The largest absolute Gasteiger partial charge is 0.350 e. The standard InChI is InChI=1S/C29H39N5O2/c1-28-10-7-19-14-22-26(28)18(6-11-29(19,22)28)16-31-27(36)23-4-3-5-24-32-20(17-34(23)24)15-25(35)33(2)21-8-12-30-13-9-21/h3-5,17-19,21-22,26,30H,6-16H2,1-2H3,(H,31,36)/t18?,19-,22-,26+,28?,29?/m1/s1. The smallest absolute Gasteiger partial charge is 0.268 e. The molecule has 8 rings (SSSR count). The normalized spacial score (nSPS) is 36.6. The van der Waals surface area contributed by atoms with Gasteiger partial charge in [0.15, 0.2) is 0 Å². The molecule has 6 aliphatic rings. The van der Waals surface area contributed by atoms with Crippen molar-refractivity contribution in [2.24, 2.45) is 34.5 Å². The number of rotatable bonds is 6. The van der Waals surface area contributed by atoms with Crippen LogP contribution < -0.4 is 10.6 Å². The maximum absolute atomic E-state index is 13.3. The van der Waals surface area contributed by atoms with E-state index in [4.69, 9.17) is 0 Å². The summed E-state index contributed by atoms with van der Waals surface area (Å²) in [5, 5.41) is 6.64. The average molecular weight is 490 g/mol. The molecular formula is C29H39N5O2. The highest BCUT2D eigenvalue weighted by atomic mass is 16.2. The van der Waals surface area contributed by atoms with Crippen molar-refractivity contribution < 1.29 is 9.59 Å². The Morgan fingerprint density at radius 3 is 2.83 bits per heavy atom.